The zero-order chi connectivity index (χ0) is 18.7. The summed E-state index contributed by atoms with van der Waals surface area (Å²) in [7, 11) is 3.40. The summed E-state index contributed by atoms with van der Waals surface area (Å²) in [5.41, 5.74) is 1.15. The second-order valence-corrected chi connectivity index (χ2v) is 7.42. The molecule has 1 aromatic carbocycles. The minimum absolute atomic E-state index is 0.0980. The molecule has 2 aromatic rings. The molecule has 0 atom stereocenters. The Kier molecular flexibility index (Phi) is 5.61. The Bertz CT molecular complexity index is 814. The van der Waals surface area contributed by atoms with Crippen LogP contribution in [-0.4, -0.2) is 51.3 Å². The summed E-state index contributed by atoms with van der Waals surface area (Å²) >= 11 is 1.38. The highest BCUT2D eigenvalue weighted by molar-refractivity contribution is 7.99. The number of aromatic nitrogens is 3. The molecule has 138 valence electrons. The zero-order valence-electron chi connectivity index (χ0n) is 15.2. The number of rotatable bonds is 7. The molecule has 0 spiro atoms. The van der Waals surface area contributed by atoms with Gasteiger partial charge in [-0.2, -0.15) is 0 Å². The van der Waals surface area contributed by atoms with Crippen molar-refractivity contribution in [3.63, 3.8) is 0 Å². The molecule has 0 saturated heterocycles. The van der Waals surface area contributed by atoms with Crippen LogP contribution >= 0.6 is 11.8 Å². The van der Waals surface area contributed by atoms with Gasteiger partial charge in [-0.15, -0.1) is 10.2 Å². The predicted molar refractivity (Wildman–Crippen MR) is 101 cm³/mol. The van der Waals surface area contributed by atoms with E-state index in [-0.39, 0.29) is 17.6 Å². The second-order valence-electron chi connectivity index (χ2n) is 6.48. The maximum Gasteiger partial charge on any atom is 0.253 e. The van der Waals surface area contributed by atoms with E-state index in [0.29, 0.717) is 17.2 Å². The van der Waals surface area contributed by atoms with E-state index < -0.39 is 0 Å². The second kappa shape index (κ2) is 7.90. The summed E-state index contributed by atoms with van der Waals surface area (Å²) in [6.45, 7) is 2.87. The van der Waals surface area contributed by atoms with E-state index in [0.717, 1.165) is 17.5 Å². The number of carbonyl (C=O) groups excluding carboxylic acids is 2. The maximum atomic E-state index is 12.3. The van der Waals surface area contributed by atoms with Crippen LogP contribution in [0.5, 0.6) is 0 Å². The molecule has 7 nitrogen and oxygen atoms in total. The molecule has 1 N–H and O–H groups in total. The molecule has 3 rings (SSSR count). The van der Waals surface area contributed by atoms with E-state index in [1.54, 1.807) is 38.4 Å². The Morgan fingerprint density at radius 2 is 2.08 bits per heavy atom. The topological polar surface area (TPSA) is 80.1 Å². The molecule has 0 unspecified atom stereocenters. The third-order valence-corrected chi connectivity index (χ3v) is 5.10. The third kappa shape index (κ3) is 4.24. The Balaban J connectivity index is 1.60. The SMILES string of the molecule is CCn1c(SCC(=O)Nc2cccc(C(=O)N(C)C)c2)nnc1C1CC1. The molecule has 26 heavy (non-hydrogen) atoms. The average Bonchev–Trinajstić information content (AvgIpc) is 3.39. The summed E-state index contributed by atoms with van der Waals surface area (Å²) in [6, 6.07) is 6.95. The highest BCUT2D eigenvalue weighted by atomic mass is 32.2. The number of benzene rings is 1. The summed E-state index contributed by atoms with van der Waals surface area (Å²) in [5.74, 6) is 1.57. The molecule has 1 saturated carbocycles. The lowest BCUT2D eigenvalue weighted by atomic mass is 10.2. The van der Waals surface area contributed by atoms with Gasteiger partial charge >= 0.3 is 0 Å². The normalized spacial score (nSPS) is 13.5. The fourth-order valence-corrected chi connectivity index (χ4v) is 3.47. The van der Waals surface area contributed by atoms with Gasteiger partial charge in [0.1, 0.15) is 5.82 Å². The number of nitrogens with zero attached hydrogens (tertiary/aromatic N) is 4. The fourth-order valence-electron chi connectivity index (χ4n) is 2.66. The van der Waals surface area contributed by atoms with Gasteiger partial charge < -0.3 is 14.8 Å². The molecule has 2 amide bonds. The van der Waals surface area contributed by atoms with E-state index in [4.69, 9.17) is 0 Å². The summed E-state index contributed by atoms with van der Waals surface area (Å²) < 4.78 is 2.09. The van der Waals surface area contributed by atoms with Gasteiger partial charge in [0, 0.05) is 37.8 Å². The quantitative estimate of drug-likeness (QED) is 0.755. The molecule has 0 radical (unpaired) electrons. The van der Waals surface area contributed by atoms with Crippen LogP contribution in [-0.2, 0) is 11.3 Å². The van der Waals surface area contributed by atoms with Gasteiger partial charge in [-0.25, -0.2) is 0 Å². The Morgan fingerprint density at radius 1 is 1.31 bits per heavy atom. The maximum absolute atomic E-state index is 12.3. The monoisotopic (exact) mass is 373 g/mol. The van der Waals surface area contributed by atoms with Gasteiger partial charge in [0.25, 0.3) is 5.91 Å². The standard InChI is InChI=1S/C18H23N5O2S/c1-4-23-16(12-8-9-12)20-21-18(23)26-11-15(24)19-14-7-5-6-13(10-14)17(25)22(2)3/h5-7,10,12H,4,8-9,11H2,1-3H3,(H,19,24). The van der Waals surface area contributed by atoms with Gasteiger partial charge in [-0.1, -0.05) is 17.8 Å². The number of anilines is 1. The number of thioether (sulfide) groups is 1. The van der Waals surface area contributed by atoms with Gasteiger partial charge in [-0.3, -0.25) is 9.59 Å². The van der Waals surface area contributed by atoms with Crippen molar-refractivity contribution >= 4 is 29.3 Å². The molecule has 8 heteroatoms. The molecule has 0 bridgehead atoms. The highest BCUT2D eigenvalue weighted by Gasteiger charge is 2.30. The first-order valence-corrected chi connectivity index (χ1v) is 9.65. The largest absolute Gasteiger partial charge is 0.345 e. The van der Waals surface area contributed by atoms with Crippen LogP contribution in [0.2, 0.25) is 0 Å². The molecule has 1 fully saturated rings. The minimum Gasteiger partial charge on any atom is -0.345 e. The molecule has 1 aliphatic carbocycles. The molecular formula is C18H23N5O2S. The zero-order valence-corrected chi connectivity index (χ0v) is 16.0. The van der Waals surface area contributed by atoms with Crippen molar-refractivity contribution in [2.24, 2.45) is 0 Å². The molecule has 1 heterocycles. The van der Waals surface area contributed by atoms with Gasteiger partial charge in [0.2, 0.25) is 5.91 Å². The van der Waals surface area contributed by atoms with E-state index in [1.165, 1.54) is 29.5 Å². The van der Waals surface area contributed by atoms with Crippen molar-refractivity contribution in [3.8, 4) is 0 Å². The lowest BCUT2D eigenvalue weighted by Gasteiger charge is -2.11. The smallest absolute Gasteiger partial charge is 0.253 e. The van der Waals surface area contributed by atoms with Crippen LogP contribution in [0.25, 0.3) is 0 Å². The van der Waals surface area contributed by atoms with Crippen LogP contribution in [0.15, 0.2) is 29.4 Å². The van der Waals surface area contributed by atoms with E-state index in [9.17, 15) is 9.59 Å². The van der Waals surface area contributed by atoms with Crippen molar-refractivity contribution in [2.45, 2.75) is 37.4 Å². The fraction of sp³-hybridized carbons (Fsp3) is 0.444. The van der Waals surface area contributed by atoms with Crippen LogP contribution in [0.1, 0.15) is 41.9 Å². The average molecular weight is 373 g/mol. The van der Waals surface area contributed by atoms with E-state index in [2.05, 4.69) is 27.0 Å². The van der Waals surface area contributed by atoms with Crippen LogP contribution in [0, 0.1) is 0 Å². The van der Waals surface area contributed by atoms with Crippen molar-refractivity contribution in [1.29, 1.82) is 0 Å². The Labute approximate surface area is 157 Å². The van der Waals surface area contributed by atoms with Crippen molar-refractivity contribution in [1.82, 2.24) is 19.7 Å². The third-order valence-electron chi connectivity index (χ3n) is 4.14. The molecule has 0 aliphatic heterocycles. The summed E-state index contributed by atoms with van der Waals surface area (Å²) in [4.78, 5) is 25.8. The first-order valence-electron chi connectivity index (χ1n) is 8.67. The molecule has 1 aromatic heterocycles. The number of nitrogens with one attached hydrogen (secondary N) is 1. The first-order chi connectivity index (χ1) is 12.5. The Morgan fingerprint density at radius 3 is 2.73 bits per heavy atom. The van der Waals surface area contributed by atoms with Gasteiger partial charge in [0.15, 0.2) is 5.16 Å². The highest BCUT2D eigenvalue weighted by Crippen LogP contribution is 2.39. The minimum atomic E-state index is -0.136. The number of hydrogen-bond donors (Lipinski definition) is 1. The molecule has 1 aliphatic rings. The molecular weight excluding hydrogens is 350 g/mol. The number of carbonyl (C=O) groups is 2. The van der Waals surface area contributed by atoms with Crippen LogP contribution in [0.3, 0.4) is 0 Å². The van der Waals surface area contributed by atoms with E-state index >= 15 is 0 Å². The lowest BCUT2D eigenvalue weighted by Crippen LogP contribution is -2.22. The number of hydrogen-bond acceptors (Lipinski definition) is 5. The van der Waals surface area contributed by atoms with Gasteiger partial charge in [0.05, 0.1) is 5.75 Å². The van der Waals surface area contributed by atoms with Crippen molar-refractivity contribution in [2.75, 3.05) is 25.2 Å². The number of amides is 2. The van der Waals surface area contributed by atoms with Crippen LogP contribution in [0.4, 0.5) is 5.69 Å². The summed E-state index contributed by atoms with van der Waals surface area (Å²) in [6.07, 6.45) is 2.34. The van der Waals surface area contributed by atoms with Gasteiger partial charge in [-0.05, 0) is 38.0 Å². The van der Waals surface area contributed by atoms with E-state index in [1.807, 2.05) is 0 Å². The predicted octanol–water partition coefficient (Wildman–Crippen LogP) is 2.61. The van der Waals surface area contributed by atoms with Crippen molar-refractivity contribution in [3.05, 3.63) is 35.7 Å². The van der Waals surface area contributed by atoms with Crippen molar-refractivity contribution < 1.29 is 9.59 Å². The summed E-state index contributed by atoms with van der Waals surface area (Å²) in [5, 5.41) is 12.1. The first kappa shape index (κ1) is 18.4. The Hall–Kier alpha value is -2.35. The van der Waals surface area contributed by atoms with Crippen LogP contribution < -0.4 is 5.32 Å². The lowest BCUT2D eigenvalue weighted by molar-refractivity contribution is -0.113.